The van der Waals surface area contributed by atoms with Crippen molar-refractivity contribution in [2.45, 2.75) is 13.8 Å². The van der Waals surface area contributed by atoms with Gasteiger partial charge in [-0.05, 0) is 37.1 Å². The average Bonchev–Trinajstić information content (AvgIpc) is 2.43. The number of aromatic nitrogens is 2. The van der Waals surface area contributed by atoms with Gasteiger partial charge in [-0.1, -0.05) is 6.07 Å². The van der Waals surface area contributed by atoms with Crippen molar-refractivity contribution in [3.8, 4) is 0 Å². The maximum Gasteiger partial charge on any atom is 0.275 e. The molecule has 0 atom stereocenters. The minimum atomic E-state index is -0.326. The summed E-state index contributed by atoms with van der Waals surface area (Å²) in [5, 5.41) is 2.77. The van der Waals surface area contributed by atoms with Gasteiger partial charge in [-0.25, -0.2) is 10.8 Å². The van der Waals surface area contributed by atoms with Crippen LogP contribution in [-0.4, -0.2) is 15.9 Å². The Kier molecular flexibility index (Phi) is 3.72. The van der Waals surface area contributed by atoms with Crippen LogP contribution >= 0.6 is 0 Å². The Morgan fingerprint density at radius 2 is 2.00 bits per heavy atom. The molecule has 4 N–H and O–H groups in total. The molecule has 6 heteroatoms. The number of nitrogens with two attached hydrogens (primary N) is 1. The van der Waals surface area contributed by atoms with E-state index >= 15 is 0 Å². The summed E-state index contributed by atoms with van der Waals surface area (Å²) in [5.74, 6) is 5.24. The third-order valence-corrected chi connectivity index (χ3v) is 2.78. The third-order valence-electron chi connectivity index (χ3n) is 2.78. The first-order valence-corrected chi connectivity index (χ1v) is 5.77. The molecule has 0 bridgehead atoms. The number of hydrogen-bond donors (Lipinski definition) is 3. The van der Waals surface area contributed by atoms with E-state index in [1.54, 1.807) is 0 Å². The number of amides is 1. The zero-order chi connectivity index (χ0) is 13.8. The van der Waals surface area contributed by atoms with Gasteiger partial charge in [-0.2, -0.15) is 0 Å². The SMILES string of the molecule is Cc1ccc(NC(=O)c2cncc(NN)n2)cc1C. The number of nitrogens with zero attached hydrogens (tertiary/aromatic N) is 2. The minimum Gasteiger partial charge on any atom is -0.321 e. The van der Waals surface area contributed by atoms with Gasteiger partial charge in [0, 0.05) is 5.69 Å². The number of benzene rings is 1. The van der Waals surface area contributed by atoms with Crippen LogP contribution in [0.3, 0.4) is 0 Å². The van der Waals surface area contributed by atoms with Crippen LogP contribution in [0.1, 0.15) is 21.6 Å². The van der Waals surface area contributed by atoms with Crippen molar-refractivity contribution >= 4 is 17.4 Å². The predicted octanol–water partition coefficient (Wildman–Crippen LogP) is 1.63. The smallest absolute Gasteiger partial charge is 0.275 e. The van der Waals surface area contributed by atoms with E-state index in [0.29, 0.717) is 5.82 Å². The van der Waals surface area contributed by atoms with Gasteiger partial charge in [-0.15, -0.1) is 0 Å². The molecule has 0 spiro atoms. The van der Waals surface area contributed by atoms with Crippen molar-refractivity contribution in [2.24, 2.45) is 5.84 Å². The van der Waals surface area contributed by atoms with Gasteiger partial charge >= 0.3 is 0 Å². The van der Waals surface area contributed by atoms with Crippen LogP contribution < -0.4 is 16.6 Å². The van der Waals surface area contributed by atoms with Gasteiger partial charge in [0.2, 0.25) is 0 Å². The van der Waals surface area contributed by atoms with Crippen molar-refractivity contribution < 1.29 is 4.79 Å². The summed E-state index contributed by atoms with van der Waals surface area (Å²) in [7, 11) is 0. The zero-order valence-electron chi connectivity index (χ0n) is 10.8. The van der Waals surface area contributed by atoms with Gasteiger partial charge in [0.25, 0.3) is 5.91 Å². The Morgan fingerprint density at radius 3 is 2.68 bits per heavy atom. The lowest BCUT2D eigenvalue weighted by Crippen LogP contribution is -2.16. The first-order chi connectivity index (χ1) is 9.10. The van der Waals surface area contributed by atoms with E-state index in [1.165, 1.54) is 18.0 Å². The number of carbonyl (C=O) groups is 1. The van der Waals surface area contributed by atoms with E-state index < -0.39 is 0 Å². The molecule has 0 aliphatic carbocycles. The Morgan fingerprint density at radius 1 is 1.21 bits per heavy atom. The molecule has 0 fully saturated rings. The Labute approximate surface area is 111 Å². The van der Waals surface area contributed by atoms with E-state index in [2.05, 4.69) is 20.7 Å². The van der Waals surface area contributed by atoms with E-state index in [9.17, 15) is 4.79 Å². The van der Waals surface area contributed by atoms with Crippen LogP contribution in [0, 0.1) is 13.8 Å². The summed E-state index contributed by atoms with van der Waals surface area (Å²) in [5.41, 5.74) is 5.56. The molecule has 0 saturated carbocycles. The van der Waals surface area contributed by atoms with Gasteiger partial charge in [-0.3, -0.25) is 9.78 Å². The van der Waals surface area contributed by atoms with E-state index in [1.807, 2.05) is 32.0 Å². The highest BCUT2D eigenvalue weighted by atomic mass is 16.1. The standard InChI is InChI=1S/C13H15N5O/c1-8-3-4-10(5-9(8)2)16-13(19)11-6-15-7-12(17-11)18-14/h3-7H,14H2,1-2H3,(H,16,19)(H,17,18). The van der Waals surface area contributed by atoms with E-state index in [4.69, 9.17) is 5.84 Å². The Bertz CT molecular complexity index is 612. The number of nitrogen functional groups attached to an aromatic ring is 1. The molecule has 2 aromatic rings. The number of hydrazine groups is 1. The minimum absolute atomic E-state index is 0.202. The number of nitrogens with one attached hydrogen (secondary N) is 2. The molecule has 1 aromatic carbocycles. The number of aryl methyl sites for hydroxylation is 2. The summed E-state index contributed by atoms with van der Waals surface area (Å²) in [4.78, 5) is 19.9. The molecule has 0 radical (unpaired) electrons. The van der Waals surface area contributed by atoms with Gasteiger partial charge < -0.3 is 10.7 Å². The molecule has 1 heterocycles. The second kappa shape index (κ2) is 5.45. The Balaban J connectivity index is 2.18. The highest BCUT2D eigenvalue weighted by Gasteiger charge is 2.09. The molecule has 2 rings (SSSR count). The van der Waals surface area contributed by atoms with Crippen molar-refractivity contribution in [3.05, 3.63) is 47.4 Å². The largest absolute Gasteiger partial charge is 0.321 e. The second-order valence-electron chi connectivity index (χ2n) is 4.19. The van der Waals surface area contributed by atoms with Crippen molar-refractivity contribution in [1.82, 2.24) is 9.97 Å². The van der Waals surface area contributed by atoms with Crippen molar-refractivity contribution in [1.29, 1.82) is 0 Å². The average molecular weight is 257 g/mol. The molecular weight excluding hydrogens is 242 g/mol. The first-order valence-electron chi connectivity index (χ1n) is 5.77. The van der Waals surface area contributed by atoms with Gasteiger partial charge in [0.05, 0.1) is 12.4 Å². The fourth-order valence-electron chi connectivity index (χ4n) is 1.56. The highest BCUT2D eigenvalue weighted by molar-refractivity contribution is 6.02. The quantitative estimate of drug-likeness (QED) is 0.574. The monoisotopic (exact) mass is 257 g/mol. The molecule has 19 heavy (non-hydrogen) atoms. The topological polar surface area (TPSA) is 92.9 Å². The first kappa shape index (κ1) is 13.0. The fourth-order valence-corrected chi connectivity index (χ4v) is 1.56. The van der Waals surface area contributed by atoms with Crippen LogP contribution in [0.5, 0.6) is 0 Å². The predicted molar refractivity (Wildman–Crippen MR) is 73.7 cm³/mol. The molecular formula is C13H15N5O. The molecule has 1 aromatic heterocycles. The number of anilines is 2. The van der Waals surface area contributed by atoms with Crippen LogP contribution in [0.25, 0.3) is 0 Å². The van der Waals surface area contributed by atoms with Crippen LogP contribution in [0.4, 0.5) is 11.5 Å². The van der Waals surface area contributed by atoms with Gasteiger partial charge in [0.1, 0.15) is 5.69 Å². The molecule has 0 unspecified atom stereocenters. The van der Waals surface area contributed by atoms with Gasteiger partial charge in [0.15, 0.2) is 5.82 Å². The van der Waals surface area contributed by atoms with Crippen molar-refractivity contribution in [3.63, 3.8) is 0 Å². The summed E-state index contributed by atoms with van der Waals surface area (Å²) in [6.07, 6.45) is 2.82. The van der Waals surface area contributed by atoms with Crippen LogP contribution in [0.15, 0.2) is 30.6 Å². The highest BCUT2D eigenvalue weighted by Crippen LogP contribution is 2.15. The molecule has 0 aliphatic heterocycles. The van der Waals surface area contributed by atoms with Crippen LogP contribution in [-0.2, 0) is 0 Å². The molecule has 1 amide bonds. The number of hydrogen-bond acceptors (Lipinski definition) is 5. The van der Waals surface area contributed by atoms with Crippen molar-refractivity contribution in [2.75, 3.05) is 10.7 Å². The summed E-state index contributed by atoms with van der Waals surface area (Å²) in [6, 6.07) is 5.71. The summed E-state index contributed by atoms with van der Waals surface area (Å²) in [6.45, 7) is 4.01. The normalized spacial score (nSPS) is 10.1. The van der Waals surface area contributed by atoms with Crippen LogP contribution in [0.2, 0.25) is 0 Å². The lowest BCUT2D eigenvalue weighted by molar-refractivity contribution is 0.102. The molecule has 0 aliphatic rings. The third kappa shape index (κ3) is 3.05. The lowest BCUT2D eigenvalue weighted by Gasteiger charge is -2.07. The second-order valence-corrected chi connectivity index (χ2v) is 4.19. The molecule has 0 saturated heterocycles. The molecule has 6 nitrogen and oxygen atoms in total. The zero-order valence-corrected chi connectivity index (χ0v) is 10.8. The Hall–Kier alpha value is -2.47. The fraction of sp³-hybridized carbons (Fsp3) is 0.154. The summed E-state index contributed by atoms with van der Waals surface area (Å²) >= 11 is 0. The number of carbonyl (C=O) groups excluding carboxylic acids is 1. The van der Waals surface area contributed by atoms with E-state index in [0.717, 1.165) is 11.3 Å². The maximum absolute atomic E-state index is 12.0. The molecule has 98 valence electrons. The lowest BCUT2D eigenvalue weighted by atomic mass is 10.1. The summed E-state index contributed by atoms with van der Waals surface area (Å²) < 4.78 is 0. The van der Waals surface area contributed by atoms with E-state index in [-0.39, 0.29) is 11.6 Å². The number of rotatable bonds is 3. The maximum atomic E-state index is 12.0.